The number of amides is 1. The smallest absolute Gasteiger partial charge is 0.241 e. The van der Waals surface area contributed by atoms with E-state index in [4.69, 9.17) is 4.74 Å². The van der Waals surface area contributed by atoms with E-state index in [9.17, 15) is 13.2 Å². The van der Waals surface area contributed by atoms with Crippen LogP contribution in [-0.4, -0.2) is 28.0 Å². The van der Waals surface area contributed by atoms with Gasteiger partial charge < -0.3 is 10.1 Å². The Bertz CT molecular complexity index is 863. The van der Waals surface area contributed by atoms with Crippen LogP contribution in [0.2, 0.25) is 0 Å². The Labute approximate surface area is 148 Å². The fourth-order valence-electron chi connectivity index (χ4n) is 2.44. The van der Waals surface area contributed by atoms with E-state index in [1.807, 2.05) is 25.1 Å². The Morgan fingerprint density at radius 3 is 2.52 bits per heavy atom. The average Bonchev–Trinajstić information content (AvgIpc) is 2.58. The van der Waals surface area contributed by atoms with Gasteiger partial charge in [0.15, 0.2) is 0 Å². The molecule has 0 saturated heterocycles. The molecule has 0 atom stereocenters. The molecule has 0 bridgehead atoms. The molecule has 0 aliphatic carbocycles. The minimum atomic E-state index is -3.73. The van der Waals surface area contributed by atoms with Gasteiger partial charge in [-0.1, -0.05) is 35.9 Å². The Morgan fingerprint density at radius 2 is 1.84 bits per heavy atom. The lowest BCUT2D eigenvalue weighted by atomic mass is 10.2. The summed E-state index contributed by atoms with van der Waals surface area (Å²) in [5, 5.41) is 2.68. The van der Waals surface area contributed by atoms with Crippen LogP contribution in [0.1, 0.15) is 16.7 Å². The van der Waals surface area contributed by atoms with Crippen molar-refractivity contribution < 1.29 is 17.9 Å². The summed E-state index contributed by atoms with van der Waals surface area (Å²) < 4.78 is 32.2. The maximum atomic E-state index is 12.3. The molecule has 25 heavy (non-hydrogen) atoms. The highest BCUT2D eigenvalue weighted by atomic mass is 32.2. The number of methoxy groups -OCH3 is 1. The number of hydrogen-bond donors (Lipinski definition) is 2. The van der Waals surface area contributed by atoms with E-state index in [1.165, 1.54) is 0 Å². The second-order valence-corrected chi connectivity index (χ2v) is 7.42. The summed E-state index contributed by atoms with van der Waals surface area (Å²) in [6.45, 7) is 3.55. The Kier molecular flexibility index (Phi) is 6.17. The highest BCUT2D eigenvalue weighted by molar-refractivity contribution is 7.89. The predicted molar refractivity (Wildman–Crippen MR) is 95.9 cm³/mol. The molecule has 0 fully saturated rings. The zero-order valence-corrected chi connectivity index (χ0v) is 15.3. The van der Waals surface area contributed by atoms with Gasteiger partial charge in [-0.2, -0.15) is 0 Å². The van der Waals surface area contributed by atoms with Gasteiger partial charge in [0.25, 0.3) is 0 Å². The first-order valence-electron chi connectivity index (χ1n) is 7.79. The Balaban J connectivity index is 1.95. The summed E-state index contributed by atoms with van der Waals surface area (Å²) in [6.07, 6.45) is 0. The third-order valence-electron chi connectivity index (χ3n) is 3.71. The summed E-state index contributed by atoms with van der Waals surface area (Å²) in [4.78, 5) is 12.1. The van der Waals surface area contributed by atoms with Crippen molar-refractivity contribution in [2.24, 2.45) is 0 Å². The minimum Gasteiger partial charge on any atom is -0.496 e. The molecule has 2 rings (SSSR count). The van der Waals surface area contributed by atoms with Gasteiger partial charge in [-0.25, -0.2) is 13.1 Å². The van der Waals surface area contributed by atoms with Crippen LogP contribution in [-0.2, 0) is 21.4 Å². The molecule has 2 aromatic rings. The fourth-order valence-corrected chi connectivity index (χ4v) is 3.65. The number of sulfonamides is 1. The number of benzene rings is 2. The Morgan fingerprint density at radius 1 is 1.12 bits per heavy atom. The molecule has 134 valence electrons. The van der Waals surface area contributed by atoms with E-state index in [0.29, 0.717) is 11.3 Å². The van der Waals surface area contributed by atoms with Crippen molar-refractivity contribution in [3.8, 4) is 5.75 Å². The number of para-hydroxylation sites is 1. The molecule has 0 aliphatic heterocycles. The van der Waals surface area contributed by atoms with Crippen LogP contribution in [0.15, 0.2) is 47.4 Å². The van der Waals surface area contributed by atoms with Crippen LogP contribution in [0.25, 0.3) is 0 Å². The number of ether oxygens (including phenoxy) is 1. The quantitative estimate of drug-likeness (QED) is 0.788. The summed E-state index contributed by atoms with van der Waals surface area (Å²) >= 11 is 0. The van der Waals surface area contributed by atoms with E-state index in [1.54, 1.807) is 38.3 Å². The molecule has 0 aromatic heterocycles. The van der Waals surface area contributed by atoms with Crippen LogP contribution in [0.3, 0.4) is 0 Å². The van der Waals surface area contributed by atoms with E-state index in [-0.39, 0.29) is 18.0 Å². The molecule has 0 spiro atoms. The van der Waals surface area contributed by atoms with E-state index in [0.717, 1.165) is 11.1 Å². The molecule has 0 unspecified atom stereocenters. The van der Waals surface area contributed by atoms with Crippen LogP contribution in [0, 0.1) is 13.8 Å². The summed E-state index contributed by atoms with van der Waals surface area (Å²) in [5.41, 5.74) is 2.43. The van der Waals surface area contributed by atoms with Gasteiger partial charge in [-0.3, -0.25) is 4.79 Å². The van der Waals surface area contributed by atoms with Crippen LogP contribution in [0.5, 0.6) is 5.75 Å². The van der Waals surface area contributed by atoms with Gasteiger partial charge in [0.1, 0.15) is 5.75 Å². The number of carbonyl (C=O) groups is 1. The van der Waals surface area contributed by atoms with Crippen LogP contribution >= 0.6 is 0 Å². The standard InChI is InChI=1S/C18H22N2O4S/c1-13-8-9-17(14(2)10-13)25(22,23)20-12-18(21)19-11-15-6-4-5-7-16(15)24-3/h4-10,20H,11-12H2,1-3H3,(H,19,21). The number of hydrogen-bond acceptors (Lipinski definition) is 4. The highest BCUT2D eigenvalue weighted by Gasteiger charge is 2.17. The molecule has 2 N–H and O–H groups in total. The number of aryl methyl sites for hydroxylation is 2. The second kappa shape index (κ2) is 8.13. The molecule has 0 saturated carbocycles. The fraction of sp³-hybridized carbons (Fsp3) is 0.278. The first-order chi connectivity index (χ1) is 11.8. The maximum absolute atomic E-state index is 12.3. The molecule has 6 nitrogen and oxygen atoms in total. The zero-order valence-electron chi connectivity index (χ0n) is 14.5. The van der Waals surface area contributed by atoms with Crippen molar-refractivity contribution in [2.45, 2.75) is 25.3 Å². The van der Waals surface area contributed by atoms with Gasteiger partial charge in [-0.15, -0.1) is 0 Å². The topological polar surface area (TPSA) is 84.5 Å². The van der Waals surface area contributed by atoms with Gasteiger partial charge >= 0.3 is 0 Å². The van der Waals surface area contributed by atoms with Crippen molar-refractivity contribution in [1.29, 1.82) is 0 Å². The molecule has 0 heterocycles. The van der Waals surface area contributed by atoms with Crippen molar-refractivity contribution in [1.82, 2.24) is 10.0 Å². The lowest BCUT2D eigenvalue weighted by Gasteiger charge is -2.11. The largest absolute Gasteiger partial charge is 0.496 e. The number of carbonyl (C=O) groups excluding carboxylic acids is 1. The van der Waals surface area contributed by atoms with Gasteiger partial charge in [-0.05, 0) is 31.5 Å². The van der Waals surface area contributed by atoms with E-state index in [2.05, 4.69) is 10.0 Å². The number of rotatable bonds is 7. The summed E-state index contributed by atoms with van der Waals surface area (Å²) in [6, 6.07) is 12.4. The zero-order chi connectivity index (χ0) is 18.4. The van der Waals surface area contributed by atoms with E-state index >= 15 is 0 Å². The maximum Gasteiger partial charge on any atom is 0.241 e. The first kappa shape index (κ1) is 19.0. The van der Waals surface area contributed by atoms with Crippen molar-refractivity contribution in [3.63, 3.8) is 0 Å². The molecular formula is C18H22N2O4S. The van der Waals surface area contributed by atoms with Gasteiger partial charge in [0.2, 0.25) is 15.9 Å². The van der Waals surface area contributed by atoms with Crippen LogP contribution < -0.4 is 14.8 Å². The molecule has 0 radical (unpaired) electrons. The molecular weight excluding hydrogens is 340 g/mol. The predicted octanol–water partition coefficient (Wildman–Crippen LogP) is 1.91. The first-order valence-corrected chi connectivity index (χ1v) is 9.27. The SMILES string of the molecule is COc1ccccc1CNC(=O)CNS(=O)(=O)c1ccc(C)cc1C. The molecule has 0 aliphatic rings. The lowest BCUT2D eigenvalue weighted by molar-refractivity contribution is -0.120. The third-order valence-corrected chi connectivity index (χ3v) is 5.27. The molecule has 2 aromatic carbocycles. The third kappa shape index (κ3) is 5.04. The van der Waals surface area contributed by atoms with Gasteiger partial charge in [0.05, 0.1) is 18.6 Å². The summed E-state index contributed by atoms with van der Waals surface area (Å²) in [5.74, 6) is 0.248. The van der Waals surface area contributed by atoms with Crippen molar-refractivity contribution in [3.05, 3.63) is 59.2 Å². The Hall–Kier alpha value is -2.38. The summed E-state index contributed by atoms with van der Waals surface area (Å²) in [7, 11) is -2.18. The highest BCUT2D eigenvalue weighted by Crippen LogP contribution is 2.17. The molecule has 1 amide bonds. The average molecular weight is 362 g/mol. The van der Waals surface area contributed by atoms with E-state index < -0.39 is 15.9 Å². The van der Waals surface area contributed by atoms with Crippen molar-refractivity contribution >= 4 is 15.9 Å². The van der Waals surface area contributed by atoms with Gasteiger partial charge in [0, 0.05) is 12.1 Å². The van der Waals surface area contributed by atoms with Crippen molar-refractivity contribution in [2.75, 3.05) is 13.7 Å². The monoisotopic (exact) mass is 362 g/mol. The molecule has 7 heteroatoms. The normalized spacial score (nSPS) is 11.2. The van der Waals surface area contributed by atoms with Crippen LogP contribution in [0.4, 0.5) is 0 Å². The second-order valence-electron chi connectivity index (χ2n) is 5.68. The minimum absolute atomic E-state index is 0.177. The number of nitrogens with one attached hydrogen (secondary N) is 2. The lowest BCUT2D eigenvalue weighted by Crippen LogP contribution is -2.36.